The van der Waals surface area contributed by atoms with Crippen LogP contribution >= 0.6 is 0 Å². The largest absolute Gasteiger partial charge is 0.444 e. The van der Waals surface area contributed by atoms with E-state index < -0.39 is 17.2 Å². The van der Waals surface area contributed by atoms with Gasteiger partial charge in [-0.25, -0.2) is 13.6 Å². The summed E-state index contributed by atoms with van der Waals surface area (Å²) in [5.41, 5.74) is -0.332. The topological polar surface area (TPSA) is 41.6 Å². The van der Waals surface area contributed by atoms with Crippen LogP contribution in [0.4, 0.5) is 19.3 Å². The number of halogens is 2. The third-order valence-electron chi connectivity index (χ3n) is 4.65. The molecule has 24 heavy (non-hydrogen) atoms. The van der Waals surface area contributed by atoms with E-state index in [1.54, 1.807) is 6.07 Å². The maximum absolute atomic E-state index is 13.8. The van der Waals surface area contributed by atoms with E-state index in [4.69, 9.17) is 4.74 Å². The average molecular weight is 338 g/mol. The van der Waals surface area contributed by atoms with Crippen molar-refractivity contribution >= 4 is 11.8 Å². The second kappa shape index (κ2) is 6.22. The van der Waals surface area contributed by atoms with Crippen LogP contribution in [-0.2, 0) is 4.74 Å². The van der Waals surface area contributed by atoms with Crippen molar-refractivity contribution in [2.45, 2.75) is 70.2 Å². The van der Waals surface area contributed by atoms with E-state index >= 15 is 0 Å². The SMILES string of the molecule is CC(C)(C)OC(=O)N1C2CCC1CC(Nc1cccc(F)c1F)C2. The maximum atomic E-state index is 13.8. The first kappa shape index (κ1) is 17.0. The molecule has 1 aromatic rings. The molecule has 4 nitrogen and oxygen atoms in total. The zero-order chi connectivity index (χ0) is 17.5. The summed E-state index contributed by atoms with van der Waals surface area (Å²) in [7, 11) is 0. The molecular formula is C18H24F2N2O2. The fourth-order valence-electron chi connectivity index (χ4n) is 3.74. The minimum absolute atomic E-state index is 0.0255. The molecule has 0 aliphatic carbocycles. The van der Waals surface area contributed by atoms with Crippen molar-refractivity contribution in [3.05, 3.63) is 29.8 Å². The minimum Gasteiger partial charge on any atom is -0.444 e. The van der Waals surface area contributed by atoms with Gasteiger partial charge in [0.25, 0.3) is 0 Å². The lowest BCUT2D eigenvalue weighted by molar-refractivity contribution is 0.00682. The van der Waals surface area contributed by atoms with Crippen molar-refractivity contribution in [3.8, 4) is 0 Å². The molecule has 2 saturated heterocycles. The Hall–Kier alpha value is -1.85. The van der Waals surface area contributed by atoms with Gasteiger partial charge >= 0.3 is 6.09 Å². The Morgan fingerprint density at radius 1 is 1.21 bits per heavy atom. The lowest BCUT2D eigenvalue weighted by atomic mass is 9.97. The van der Waals surface area contributed by atoms with Gasteiger partial charge in [-0.2, -0.15) is 0 Å². The smallest absolute Gasteiger partial charge is 0.410 e. The third kappa shape index (κ3) is 3.47. The van der Waals surface area contributed by atoms with E-state index in [9.17, 15) is 13.6 Å². The summed E-state index contributed by atoms with van der Waals surface area (Å²) >= 11 is 0. The number of anilines is 1. The van der Waals surface area contributed by atoms with Gasteiger partial charge in [0.1, 0.15) is 5.60 Å². The standard InChI is InChI=1S/C18H24F2N2O2/c1-18(2,3)24-17(23)22-12-7-8-13(22)10-11(9-12)21-15-6-4-5-14(19)16(15)20/h4-6,11-13,21H,7-10H2,1-3H3. The molecule has 1 N–H and O–H groups in total. The molecule has 6 heteroatoms. The Morgan fingerprint density at radius 2 is 1.83 bits per heavy atom. The quantitative estimate of drug-likeness (QED) is 0.874. The van der Waals surface area contributed by atoms with E-state index in [1.165, 1.54) is 6.07 Å². The van der Waals surface area contributed by atoms with Gasteiger partial charge in [0.05, 0.1) is 5.69 Å². The number of carbonyl (C=O) groups is 1. The van der Waals surface area contributed by atoms with E-state index in [2.05, 4.69) is 5.32 Å². The normalized spacial score (nSPS) is 26.4. The molecule has 0 aromatic heterocycles. The molecule has 2 aliphatic heterocycles. The lowest BCUT2D eigenvalue weighted by Crippen LogP contribution is -2.51. The van der Waals surface area contributed by atoms with Crippen molar-refractivity contribution in [2.24, 2.45) is 0 Å². The first-order valence-corrected chi connectivity index (χ1v) is 8.46. The van der Waals surface area contributed by atoms with Crippen LogP contribution < -0.4 is 5.32 Å². The Bertz CT molecular complexity index is 616. The van der Waals surface area contributed by atoms with Crippen LogP contribution in [-0.4, -0.2) is 34.7 Å². The fourth-order valence-corrected chi connectivity index (χ4v) is 3.74. The molecule has 132 valence electrons. The zero-order valence-corrected chi connectivity index (χ0v) is 14.3. The Kier molecular flexibility index (Phi) is 4.40. The molecule has 2 unspecified atom stereocenters. The van der Waals surface area contributed by atoms with Gasteiger partial charge in [0.15, 0.2) is 11.6 Å². The van der Waals surface area contributed by atoms with Gasteiger partial charge < -0.3 is 15.0 Å². The molecule has 2 atom stereocenters. The average Bonchev–Trinajstić information content (AvgIpc) is 2.74. The Balaban J connectivity index is 1.67. The number of fused-ring (bicyclic) bond motifs is 2. The summed E-state index contributed by atoms with van der Waals surface area (Å²) < 4.78 is 32.7. The van der Waals surface area contributed by atoms with Gasteiger partial charge in [-0.3, -0.25) is 0 Å². The predicted octanol–water partition coefficient (Wildman–Crippen LogP) is 4.31. The molecule has 2 heterocycles. The summed E-state index contributed by atoms with van der Waals surface area (Å²) in [4.78, 5) is 14.3. The molecule has 3 rings (SSSR count). The fraction of sp³-hybridized carbons (Fsp3) is 0.611. The Morgan fingerprint density at radius 3 is 2.42 bits per heavy atom. The summed E-state index contributed by atoms with van der Waals surface area (Å²) in [6.07, 6.45) is 3.00. The Labute approximate surface area is 141 Å². The number of nitrogens with zero attached hydrogens (tertiary/aromatic N) is 1. The number of ether oxygens (including phenoxy) is 1. The number of piperidine rings is 1. The zero-order valence-electron chi connectivity index (χ0n) is 14.3. The molecule has 1 aromatic carbocycles. The van der Waals surface area contributed by atoms with E-state index in [0.29, 0.717) is 12.8 Å². The van der Waals surface area contributed by atoms with Crippen LogP contribution in [0.3, 0.4) is 0 Å². The van der Waals surface area contributed by atoms with E-state index in [-0.39, 0.29) is 29.9 Å². The van der Waals surface area contributed by atoms with Gasteiger partial charge in [-0.1, -0.05) is 6.07 Å². The number of benzene rings is 1. The number of hydrogen-bond donors (Lipinski definition) is 1. The molecule has 0 saturated carbocycles. The molecular weight excluding hydrogens is 314 g/mol. The van der Waals surface area contributed by atoms with Gasteiger partial charge in [0, 0.05) is 18.1 Å². The number of nitrogens with one attached hydrogen (secondary N) is 1. The summed E-state index contributed by atoms with van der Waals surface area (Å²) in [5.74, 6) is -1.70. The highest BCUT2D eigenvalue weighted by molar-refractivity contribution is 5.69. The van der Waals surface area contributed by atoms with Gasteiger partial charge in [-0.15, -0.1) is 0 Å². The maximum Gasteiger partial charge on any atom is 0.410 e. The van der Waals surface area contributed by atoms with E-state index in [0.717, 1.165) is 18.9 Å². The van der Waals surface area contributed by atoms with Crippen LogP contribution in [0.25, 0.3) is 0 Å². The van der Waals surface area contributed by atoms with Crippen molar-refractivity contribution in [3.63, 3.8) is 0 Å². The molecule has 2 fully saturated rings. The second-order valence-electron chi connectivity index (χ2n) is 7.69. The van der Waals surface area contributed by atoms with Crippen LogP contribution in [0.2, 0.25) is 0 Å². The van der Waals surface area contributed by atoms with Gasteiger partial charge in [0.2, 0.25) is 0 Å². The minimum atomic E-state index is -0.853. The first-order chi connectivity index (χ1) is 11.2. The molecule has 2 aliphatic rings. The van der Waals surface area contributed by atoms with Gasteiger partial charge in [-0.05, 0) is 58.6 Å². The highest BCUT2D eigenvalue weighted by Gasteiger charge is 2.44. The van der Waals surface area contributed by atoms with Crippen LogP contribution in [0.1, 0.15) is 46.5 Å². The predicted molar refractivity (Wildman–Crippen MR) is 87.9 cm³/mol. The van der Waals surface area contributed by atoms with Crippen molar-refractivity contribution in [1.82, 2.24) is 4.90 Å². The van der Waals surface area contributed by atoms with Crippen molar-refractivity contribution in [2.75, 3.05) is 5.32 Å². The van der Waals surface area contributed by atoms with Crippen LogP contribution in [0.15, 0.2) is 18.2 Å². The van der Waals surface area contributed by atoms with Crippen molar-refractivity contribution < 1.29 is 18.3 Å². The third-order valence-corrected chi connectivity index (χ3v) is 4.65. The molecule has 0 spiro atoms. The summed E-state index contributed by atoms with van der Waals surface area (Å²) in [6.45, 7) is 5.56. The second-order valence-corrected chi connectivity index (χ2v) is 7.69. The number of amides is 1. The summed E-state index contributed by atoms with van der Waals surface area (Å²) in [6, 6.07) is 4.35. The van der Waals surface area contributed by atoms with Crippen molar-refractivity contribution in [1.29, 1.82) is 0 Å². The van der Waals surface area contributed by atoms with Crippen LogP contribution in [0, 0.1) is 11.6 Å². The first-order valence-electron chi connectivity index (χ1n) is 8.46. The molecule has 2 bridgehead atoms. The molecule has 0 radical (unpaired) electrons. The number of carbonyl (C=O) groups excluding carboxylic acids is 1. The highest BCUT2D eigenvalue weighted by Crippen LogP contribution is 2.38. The highest BCUT2D eigenvalue weighted by atomic mass is 19.2. The summed E-state index contributed by atoms with van der Waals surface area (Å²) in [5, 5.41) is 3.10. The van der Waals surface area contributed by atoms with E-state index in [1.807, 2.05) is 25.7 Å². The number of rotatable bonds is 2. The van der Waals surface area contributed by atoms with Crippen LogP contribution in [0.5, 0.6) is 0 Å². The monoisotopic (exact) mass is 338 g/mol. The lowest BCUT2D eigenvalue weighted by Gasteiger charge is -2.40. The molecule has 1 amide bonds. The number of hydrogen-bond acceptors (Lipinski definition) is 3.